The van der Waals surface area contributed by atoms with Crippen LogP contribution in [0.1, 0.15) is 10.4 Å². The number of carboxylic acid groups (broad SMARTS) is 1. The van der Waals surface area contributed by atoms with Crippen LogP contribution < -0.4 is 4.74 Å². The normalized spacial score (nSPS) is 10.2. The molecule has 0 aromatic heterocycles. The van der Waals surface area contributed by atoms with Gasteiger partial charge in [-0.2, -0.15) is 0 Å². The van der Waals surface area contributed by atoms with Gasteiger partial charge in [0.15, 0.2) is 0 Å². The van der Waals surface area contributed by atoms with Crippen molar-refractivity contribution in [3.8, 4) is 11.5 Å². The standard InChI is InChI=1S/C13H7Cl2NO5/c14-7-4-5-10(8(6-7)13(17)18)21-11-3-1-2-9(15)12(11)16(19)20/h1-6H,(H,17,18). The lowest BCUT2D eigenvalue weighted by molar-refractivity contribution is -0.385. The number of hydrogen-bond donors (Lipinski definition) is 1. The Morgan fingerprint density at radius 3 is 2.52 bits per heavy atom. The summed E-state index contributed by atoms with van der Waals surface area (Å²) in [4.78, 5) is 21.5. The van der Waals surface area contributed by atoms with Crippen LogP contribution in [-0.2, 0) is 0 Å². The second kappa shape index (κ2) is 5.99. The molecule has 0 fully saturated rings. The fourth-order valence-electron chi connectivity index (χ4n) is 1.63. The number of nitrogens with zero attached hydrogens (tertiary/aromatic N) is 1. The summed E-state index contributed by atoms with van der Waals surface area (Å²) in [6, 6.07) is 8.05. The number of hydrogen-bond acceptors (Lipinski definition) is 4. The molecule has 108 valence electrons. The highest BCUT2D eigenvalue weighted by atomic mass is 35.5. The van der Waals surface area contributed by atoms with E-state index in [9.17, 15) is 14.9 Å². The molecule has 1 N–H and O–H groups in total. The van der Waals surface area contributed by atoms with Crippen LogP contribution in [0.2, 0.25) is 10.0 Å². The number of para-hydroxylation sites is 1. The zero-order valence-corrected chi connectivity index (χ0v) is 11.8. The summed E-state index contributed by atoms with van der Waals surface area (Å²) in [6.45, 7) is 0. The molecular weight excluding hydrogens is 321 g/mol. The van der Waals surface area contributed by atoms with E-state index in [0.29, 0.717) is 0 Å². The minimum absolute atomic E-state index is 0.0720. The van der Waals surface area contributed by atoms with Crippen LogP contribution in [0.5, 0.6) is 11.5 Å². The second-order valence-corrected chi connectivity index (χ2v) is 4.74. The Morgan fingerprint density at radius 2 is 1.90 bits per heavy atom. The number of halogens is 2. The number of ether oxygens (including phenoxy) is 1. The van der Waals surface area contributed by atoms with Crippen molar-refractivity contribution < 1.29 is 19.6 Å². The van der Waals surface area contributed by atoms with E-state index < -0.39 is 16.6 Å². The highest BCUT2D eigenvalue weighted by molar-refractivity contribution is 6.33. The van der Waals surface area contributed by atoms with Gasteiger partial charge in [0.2, 0.25) is 5.75 Å². The van der Waals surface area contributed by atoms with E-state index in [1.807, 2.05) is 0 Å². The van der Waals surface area contributed by atoms with Gasteiger partial charge in [0.25, 0.3) is 0 Å². The average molecular weight is 328 g/mol. The maximum Gasteiger partial charge on any atom is 0.339 e. The Balaban J connectivity index is 2.51. The Bertz CT molecular complexity index is 732. The second-order valence-electron chi connectivity index (χ2n) is 3.89. The molecule has 0 heterocycles. The van der Waals surface area contributed by atoms with Gasteiger partial charge < -0.3 is 9.84 Å². The van der Waals surface area contributed by atoms with E-state index >= 15 is 0 Å². The summed E-state index contributed by atoms with van der Waals surface area (Å²) in [5.41, 5.74) is -0.651. The monoisotopic (exact) mass is 327 g/mol. The molecule has 0 atom stereocenters. The van der Waals surface area contributed by atoms with E-state index in [1.165, 1.54) is 36.4 Å². The molecule has 2 rings (SSSR count). The average Bonchev–Trinajstić information content (AvgIpc) is 2.40. The minimum atomic E-state index is -1.27. The molecule has 0 aliphatic carbocycles. The molecule has 0 saturated carbocycles. The number of carbonyl (C=O) groups is 1. The third kappa shape index (κ3) is 3.24. The zero-order valence-electron chi connectivity index (χ0n) is 10.2. The highest BCUT2D eigenvalue weighted by Gasteiger charge is 2.22. The van der Waals surface area contributed by atoms with Gasteiger partial charge in [-0.25, -0.2) is 4.79 Å². The lowest BCUT2D eigenvalue weighted by Crippen LogP contribution is -2.01. The molecule has 21 heavy (non-hydrogen) atoms. The van der Waals surface area contributed by atoms with E-state index in [4.69, 9.17) is 33.0 Å². The molecule has 0 bridgehead atoms. The molecule has 0 saturated heterocycles. The Kier molecular flexibility index (Phi) is 4.30. The molecule has 0 aliphatic heterocycles. The maximum atomic E-state index is 11.2. The number of nitro benzene ring substituents is 1. The molecular formula is C13H7Cl2NO5. The van der Waals surface area contributed by atoms with Crippen LogP contribution in [0.3, 0.4) is 0 Å². The lowest BCUT2D eigenvalue weighted by Gasteiger charge is -2.09. The quantitative estimate of drug-likeness (QED) is 0.664. The summed E-state index contributed by atoms with van der Waals surface area (Å²) < 4.78 is 5.33. The van der Waals surface area contributed by atoms with Crippen molar-refractivity contribution >= 4 is 34.9 Å². The number of nitro groups is 1. The summed E-state index contributed by atoms with van der Waals surface area (Å²) in [6.07, 6.45) is 0. The molecule has 6 nitrogen and oxygen atoms in total. The van der Waals surface area contributed by atoms with Crippen LogP contribution in [0, 0.1) is 10.1 Å². The maximum absolute atomic E-state index is 11.2. The summed E-state index contributed by atoms with van der Waals surface area (Å²) in [5, 5.41) is 20.2. The molecule has 0 spiro atoms. The summed E-state index contributed by atoms with van der Waals surface area (Å²) >= 11 is 11.5. The van der Waals surface area contributed by atoms with E-state index in [1.54, 1.807) is 0 Å². The smallest absolute Gasteiger partial charge is 0.339 e. The van der Waals surface area contributed by atoms with Gasteiger partial charge >= 0.3 is 11.7 Å². The van der Waals surface area contributed by atoms with Crippen LogP contribution in [-0.4, -0.2) is 16.0 Å². The van der Waals surface area contributed by atoms with Crippen molar-refractivity contribution in [2.45, 2.75) is 0 Å². The van der Waals surface area contributed by atoms with Crippen molar-refractivity contribution in [3.63, 3.8) is 0 Å². The summed E-state index contributed by atoms with van der Waals surface area (Å²) in [5.74, 6) is -1.49. The number of benzene rings is 2. The number of aromatic carboxylic acids is 1. The predicted molar refractivity (Wildman–Crippen MR) is 76.6 cm³/mol. The molecule has 8 heteroatoms. The highest BCUT2D eigenvalue weighted by Crippen LogP contribution is 2.38. The first-order chi connectivity index (χ1) is 9.90. The SMILES string of the molecule is O=C(O)c1cc(Cl)ccc1Oc1cccc(Cl)c1[N+](=O)[O-]. The van der Waals surface area contributed by atoms with Crippen LogP contribution in [0.25, 0.3) is 0 Å². The van der Waals surface area contributed by atoms with Gasteiger partial charge in [0.05, 0.1) is 4.92 Å². The molecule has 0 radical (unpaired) electrons. The first-order valence-electron chi connectivity index (χ1n) is 5.53. The Labute approximate surface area is 128 Å². The van der Waals surface area contributed by atoms with Gasteiger partial charge in [-0.05, 0) is 30.3 Å². The molecule has 0 amide bonds. The predicted octanol–water partition coefficient (Wildman–Crippen LogP) is 4.39. The van der Waals surface area contributed by atoms with Gasteiger partial charge in [0, 0.05) is 5.02 Å². The fourth-order valence-corrected chi connectivity index (χ4v) is 2.04. The van der Waals surface area contributed by atoms with Crippen molar-refractivity contribution in [2.75, 3.05) is 0 Å². The van der Waals surface area contributed by atoms with E-state index in [-0.39, 0.29) is 27.1 Å². The fraction of sp³-hybridized carbons (Fsp3) is 0. The third-order valence-corrected chi connectivity index (χ3v) is 3.06. The molecule has 0 unspecified atom stereocenters. The minimum Gasteiger partial charge on any atom is -0.478 e. The topological polar surface area (TPSA) is 89.7 Å². The largest absolute Gasteiger partial charge is 0.478 e. The molecule has 2 aromatic rings. The van der Waals surface area contributed by atoms with Gasteiger partial charge in [-0.15, -0.1) is 0 Å². The van der Waals surface area contributed by atoms with Crippen LogP contribution >= 0.6 is 23.2 Å². The van der Waals surface area contributed by atoms with Crippen LogP contribution in [0.4, 0.5) is 5.69 Å². The van der Waals surface area contributed by atoms with Crippen molar-refractivity contribution in [2.24, 2.45) is 0 Å². The zero-order chi connectivity index (χ0) is 15.6. The number of rotatable bonds is 4. The van der Waals surface area contributed by atoms with Gasteiger partial charge in [-0.1, -0.05) is 29.3 Å². The first-order valence-corrected chi connectivity index (χ1v) is 6.29. The van der Waals surface area contributed by atoms with Crippen molar-refractivity contribution in [3.05, 3.63) is 62.1 Å². The van der Waals surface area contributed by atoms with Crippen LogP contribution in [0.15, 0.2) is 36.4 Å². The molecule has 2 aromatic carbocycles. The molecule has 0 aliphatic rings. The van der Waals surface area contributed by atoms with Gasteiger partial charge in [0.1, 0.15) is 16.3 Å². The van der Waals surface area contributed by atoms with Crippen molar-refractivity contribution in [1.82, 2.24) is 0 Å². The van der Waals surface area contributed by atoms with E-state index in [0.717, 1.165) is 0 Å². The Morgan fingerprint density at radius 1 is 1.19 bits per heavy atom. The Hall–Kier alpha value is -2.31. The van der Waals surface area contributed by atoms with Gasteiger partial charge in [-0.3, -0.25) is 10.1 Å². The first kappa shape index (κ1) is 15.1. The summed E-state index contributed by atoms with van der Waals surface area (Å²) in [7, 11) is 0. The van der Waals surface area contributed by atoms with E-state index in [2.05, 4.69) is 0 Å². The van der Waals surface area contributed by atoms with Crippen molar-refractivity contribution in [1.29, 1.82) is 0 Å². The lowest BCUT2D eigenvalue weighted by atomic mass is 10.2. The third-order valence-electron chi connectivity index (χ3n) is 2.52. The number of carboxylic acids is 1.